The lowest BCUT2D eigenvalue weighted by Gasteiger charge is -2.37. The van der Waals surface area contributed by atoms with E-state index in [0.29, 0.717) is 18.7 Å². The highest BCUT2D eigenvalue weighted by molar-refractivity contribution is 5.96. The van der Waals surface area contributed by atoms with Crippen LogP contribution >= 0.6 is 0 Å². The van der Waals surface area contributed by atoms with Crippen LogP contribution in [-0.4, -0.2) is 69.2 Å². The third kappa shape index (κ3) is 4.59. The molecule has 1 fully saturated rings. The van der Waals surface area contributed by atoms with Crippen LogP contribution in [0, 0.1) is 0 Å². The molecule has 1 aliphatic rings. The summed E-state index contributed by atoms with van der Waals surface area (Å²) in [5.41, 5.74) is 2.77. The van der Waals surface area contributed by atoms with E-state index in [-0.39, 0.29) is 5.56 Å². The minimum atomic E-state index is -0.998. The fraction of sp³-hybridized carbons (Fsp3) is 0.280. The number of aryl methyl sites for hydroxylation is 1. The monoisotopic (exact) mass is 433 g/mol. The van der Waals surface area contributed by atoms with Crippen molar-refractivity contribution in [1.29, 1.82) is 0 Å². The largest absolute Gasteiger partial charge is 0.480 e. The Hall–Kier alpha value is -3.42. The van der Waals surface area contributed by atoms with Gasteiger partial charge >= 0.3 is 11.9 Å². The van der Waals surface area contributed by atoms with E-state index in [9.17, 15) is 19.8 Å². The molecule has 0 amide bonds. The first-order valence-electron chi connectivity index (χ1n) is 10.7. The van der Waals surface area contributed by atoms with Crippen LogP contribution in [0.15, 0.2) is 60.8 Å². The molecule has 0 radical (unpaired) electrons. The topological polar surface area (TPSA) is 86.0 Å². The lowest BCUT2D eigenvalue weighted by molar-refractivity contribution is -0.144. The Balaban J connectivity index is 1.47. The van der Waals surface area contributed by atoms with Gasteiger partial charge < -0.3 is 14.8 Å². The number of carboxylic acid groups (broad SMARTS) is 2. The molecule has 2 heterocycles. The highest BCUT2D eigenvalue weighted by Gasteiger charge is 2.32. The second-order valence-corrected chi connectivity index (χ2v) is 8.12. The van der Waals surface area contributed by atoms with E-state index in [2.05, 4.69) is 29.2 Å². The molecule has 0 aliphatic carbocycles. The first kappa shape index (κ1) is 21.8. The second kappa shape index (κ2) is 9.38. The molecular formula is C25H27N3O4. The molecule has 3 aromatic rings. The molecule has 7 nitrogen and oxygen atoms in total. The number of hydrogen-bond donors (Lipinski definition) is 2. The lowest BCUT2D eigenvalue weighted by Crippen LogP contribution is -2.49. The van der Waals surface area contributed by atoms with Crippen LogP contribution in [0.3, 0.4) is 0 Å². The van der Waals surface area contributed by atoms with Gasteiger partial charge in [-0.1, -0.05) is 48.6 Å². The predicted molar refractivity (Wildman–Crippen MR) is 124 cm³/mol. The Morgan fingerprint density at radius 3 is 2.41 bits per heavy atom. The van der Waals surface area contributed by atoms with Crippen LogP contribution in [-0.2, 0) is 11.8 Å². The molecule has 166 valence electrons. The van der Waals surface area contributed by atoms with Crippen molar-refractivity contribution in [1.82, 2.24) is 14.4 Å². The third-order valence-electron chi connectivity index (χ3n) is 6.04. The average Bonchev–Trinajstić information content (AvgIpc) is 3.11. The van der Waals surface area contributed by atoms with Crippen molar-refractivity contribution in [2.24, 2.45) is 7.05 Å². The summed E-state index contributed by atoms with van der Waals surface area (Å²) in [5, 5.41) is 20.1. The molecule has 7 heteroatoms. The van der Waals surface area contributed by atoms with Gasteiger partial charge in [-0.25, -0.2) is 4.79 Å². The van der Waals surface area contributed by atoms with Crippen molar-refractivity contribution < 1.29 is 19.8 Å². The molecule has 0 unspecified atom stereocenters. The van der Waals surface area contributed by atoms with E-state index in [0.717, 1.165) is 30.5 Å². The molecule has 32 heavy (non-hydrogen) atoms. The van der Waals surface area contributed by atoms with Crippen molar-refractivity contribution in [2.45, 2.75) is 6.04 Å². The Bertz CT molecular complexity index is 1140. The van der Waals surface area contributed by atoms with Crippen molar-refractivity contribution in [2.75, 3.05) is 32.7 Å². The second-order valence-electron chi connectivity index (χ2n) is 8.12. The summed E-state index contributed by atoms with van der Waals surface area (Å²) in [6.45, 7) is 3.71. The van der Waals surface area contributed by atoms with Gasteiger partial charge in [0, 0.05) is 62.4 Å². The molecule has 0 saturated carbocycles. The summed E-state index contributed by atoms with van der Waals surface area (Å²) < 4.78 is 1.80. The Kier molecular flexibility index (Phi) is 6.39. The number of fused-ring (bicyclic) bond motifs is 1. The molecular weight excluding hydrogens is 406 g/mol. The SMILES string of the molecule is Cn1cc([C@H](C(=O)O)N2CCN(C/C=C/c3ccccc3)CC2)c2ccc(C(=O)O)cc21. The Morgan fingerprint density at radius 2 is 1.75 bits per heavy atom. The van der Waals surface area contributed by atoms with E-state index < -0.39 is 18.0 Å². The number of hydrogen-bond acceptors (Lipinski definition) is 4. The smallest absolute Gasteiger partial charge is 0.335 e. The number of nitrogens with zero attached hydrogens (tertiary/aromatic N) is 3. The Labute approximate surface area is 186 Å². The molecule has 2 N–H and O–H groups in total. The van der Waals surface area contributed by atoms with Crippen LogP contribution in [0.4, 0.5) is 0 Å². The van der Waals surface area contributed by atoms with E-state index in [1.54, 1.807) is 16.7 Å². The molecule has 1 aromatic heterocycles. The van der Waals surface area contributed by atoms with Gasteiger partial charge in [-0.3, -0.25) is 14.6 Å². The number of aromatic carboxylic acids is 1. The molecule has 1 aliphatic heterocycles. The third-order valence-corrected chi connectivity index (χ3v) is 6.04. The zero-order valence-electron chi connectivity index (χ0n) is 18.0. The van der Waals surface area contributed by atoms with Gasteiger partial charge in [0.25, 0.3) is 0 Å². The molecule has 4 rings (SSSR count). The molecule has 1 atom stereocenters. The normalized spacial score (nSPS) is 16.5. The quantitative estimate of drug-likeness (QED) is 0.595. The average molecular weight is 434 g/mol. The van der Waals surface area contributed by atoms with E-state index in [4.69, 9.17) is 0 Å². The van der Waals surface area contributed by atoms with E-state index in [1.165, 1.54) is 11.6 Å². The van der Waals surface area contributed by atoms with Gasteiger partial charge in [0.1, 0.15) is 6.04 Å². The molecule has 2 aromatic carbocycles. The predicted octanol–water partition coefficient (Wildman–Crippen LogP) is 3.33. The summed E-state index contributed by atoms with van der Waals surface area (Å²) in [6, 6.07) is 14.2. The number of piperazine rings is 1. The molecule has 0 bridgehead atoms. The minimum Gasteiger partial charge on any atom is -0.480 e. The summed E-state index contributed by atoms with van der Waals surface area (Å²) >= 11 is 0. The zero-order valence-corrected chi connectivity index (χ0v) is 18.0. The van der Waals surface area contributed by atoms with Gasteiger partial charge in [-0.15, -0.1) is 0 Å². The van der Waals surface area contributed by atoms with Crippen molar-refractivity contribution in [3.63, 3.8) is 0 Å². The Morgan fingerprint density at radius 1 is 1.03 bits per heavy atom. The first-order valence-corrected chi connectivity index (χ1v) is 10.7. The van der Waals surface area contributed by atoms with Crippen molar-refractivity contribution in [3.8, 4) is 0 Å². The van der Waals surface area contributed by atoms with E-state index in [1.807, 2.05) is 36.3 Å². The fourth-order valence-corrected chi connectivity index (χ4v) is 4.36. The number of aromatic nitrogens is 1. The summed E-state index contributed by atoms with van der Waals surface area (Å²) in [4.78, 5) is 27.9. The van der Waals surface area contributed by atoms with Gasteiger partial charge in [0.15, 0.2) is 0 Å². The van der Waals surface area contributed by atoms with Crippen molar-refractivity contribution in [3.05, 3.63) is 77.5 Å². The maximum Gasteiger partial charge on any atom is 0.335 e. The van der Waals surface area contributed by atoms with Crippen LogP contribution in [0.5, 0.6) is 0 Å². The number of rotatable bonds is 7. The van der Waals surface area contributed by atoms with Crippen LogP contribution in [0.1, 0.15) is 27.5 Å². The van der Waals surface area contributed by atoms with Gasteiger partial charge in [-0.05, 0) is 17.7 Å². The van der Waals surface area contributed by atoms with Crippen molar-refractivity contribution >= 4 is 28.9 Å². The minimum absolute atomic E-state index is 0.189. The van der Waals surface area contributed by atoms with Gasteiger partial charge in [0.2, 0.25) is 0 Å². The summed E-state index contributed by atoms with van der Waals surface area (Å²) in [7, 11) is 1.81. The maximum absolute atomic E-state index is 12.3. The lowest BCUT2D eigenvalue weighted by atomic mass is 10.0. The van der Waals surface area contributed by atoms with Crippen LogP contribution in [0.25, 0.3) is 17.0 Å². The zero-order chi connectivity index (χ0) is 22.7. The summed E-state index contributed by atoms with van der Waals surface area (Å²) in [6.07, 6.45) is 6.06. The highest BCUT2D eigenvalue weighted by atomic mass is 16.4. The number of aliphatic carboxylic acids is 1. The van der Waals surface area contributed by atoms with E-state index >= 15 is 0 Å². The number of benzene rings is 2. The number of carbonyl (C=O) groups is 2. The fourth-order valence-electron chi connectivity index (χ4n) is 4.36. The highest BCUT2D eigenvalue weighted by Crippen LogP contribution is 2.31. The summed E-state index contributed by atoms with van der Waals surface area (Å²) in [5.74, 6) is -1.89. The van der Waals surface area contributed by atoms with Gasteiger partial charge in [0.05, 0.1) is 5.56 Å². The maximum atomic E-state index is 12.3. The van der Waals surface area contributed by atoms with Crippen LogP contribution < -0.4 is 0 Å². The van der Waals surface area contributed by atoms with Crippen LogP contribution in [0.2, 0.25) is 0 Å². The molecule has 1 saturated heterocycles. The van der Waals surface area contributed by atoms with Gasteiger partial charge in [-0.2, -0.15) is 0 Å². The molecule has 0 spiro atoms. The number of carboxylic acids is 2. The first-order chi connectivity index (χ1) is 15.4. The standard InChI is InChI=1S/C25H27N3O4/c1-26-17-21(20-10-9-19(24(29)30)16-22(20)26)23(25(31)32)28-14-12-27(13-15-28)11-5-8-18-6-3-2-4-7-18/h2-10,16-17,23H,11-15H2,1H3,(H,29,30)(H,31,32)/b8-5+/t23-/m1/s1.